The van der Waals surface area contributed by atoms with E-state index in [1.807, 2.05) is 6.92 Å². The van der Waals surface area contributed by atoms with Crippen LogP contribution in [0.3, 0.4) is 0 Å². The lowest BCUT2D eigenvalue weighted by Crippen LogP contribution is -2.38. The first-order chi connectivity index (χ1) is 7.04. The molecule has 0 unspecified atom stereocenters. The van der Waals surface area contributed by atoms with E-state index in [-0.39, 0.29) is 18.6 Å². The van der Waals surface area contributed by atoms with Crippen molar-refractivity contribution in [3.8, 4) is 0 Å². The van der Waals surface area contributed by atoms with Crippen LogP contribution in [0.1, 0.15) is 40.0 Å². The molecule has 3 N–H and O–H groups in total. The van der Waals surface area contributed by atoms with Gasteiger partial charge in [0, 0.05) is 12.0 Å². The van der Waals surface area contributed by atoms with E-state index in [2.05, 4.69) is 19.2 Å². The Morgan fingerprint density at radius 2 is 1.73 bits per heavy atom. The molecule has 0 radical (unpaired) electrons. The van der Waals surface area contributed by atoms with Crippen LogP contribution in [-0.2, 0) is 0 Å². The molecule has 0 atom stereocenters. The maximum absolute atomic E-state index is 9.06. The maximum atomic E-state index is 9.06. The number of rotatable bonds is 9. The molecule has 0 aromatic rings. The first kappa shape index (κ1) is 14.9. The average molecular weight is 217 g/mol. The van der Waals surface area contributed by atoms with Crippen LogP contribution in [0.2, 0.25) is 0 Å². The van der Waals surface area contributed by atoms with Gasteiger partial charge < -0.3 is 15.5 Å². The second-order valence-corrected chi connectivity index (χ2v) is 5.19. The van der Waals surface area contributed by atoms with Gasteiger partial charge in [0.2, 0.25) is 0 Å². The molecule has 3 heteroatoms. The topological polar surface area (TPSA) is 52.5 Å². The maximum Gasteiger partial charge on any atom is 0.0518 e. The molecule has 0 heterocycles. The molecular formula is C12H27NO2. The molecule has 0 spiro atoms. The Labute approximate surface area is 93.9 Å². The summed E-state index contributed by atoms with van der Waals surface area (Å²) in [5.41, 5.74) is -0.377. The molecule has 92 valence electrons. The fraction of sp³-hybridized carbons (Fsp3) is 1.00. The minimum Gasteiger partial charge on any atom is -0.396 e. The van der Waals surface area contributed by atoms with Gasteiger partial charge >= 0.3 is 0 Å². The van der Waals surface area contributed by atoms with Gasteiger partial charge in [-0.1, -0.05) is 33.6 Å². The predicted octanol–water partition coefficient (Wildman–Crippen LogP) is 1.39. The lowest BCUT2D eigenvalue weighted by atomic mass is 9.93. The molecular weight excluding hydrogens is 190 g/mol. The van der Waals surface area contributed by atoms with E-state index in [1.165, 1.54) is 19.3 Å². The SMILES string of the molecule is CC(C)CCCCNCC(C)(CO)CO. The van der Waals surface area contributed by atoms with Crippen LogP contribution >= 0.6 is 0 Å². The van der Waals surface area contributed by atoms with E-state index >= 15 is 0 Å². The van der Waals surface area contributed by atoms with Gasteiger partial charge in [0.1, 0.15) is 0 Å². The number of aliphatic hydroxyl groups excluding tert-OH is 2. The molecule has 0 saturated heterocycles. The highest BCUT2D eigenvalue weighted by atomic mass is 16.3. The highest BCUT2D eigenvalue weighted by Crippen LogP contribution is 2.12. The molecule has 3 nitrogen and oxygen atoms in total. The number of hydrogen-bond acceptors (Lipinski definition) is 3. The fourth-order valence-electron chi connectivity index (χ4n) is 1.35. The van der Waals surface area contributed by atoms with Crippen molar-refractivity contribution in [1.29, 1.82) is 0 Å². The van der Waals surface area contributed by atoms with Gasteiger partial charge in [-0.2, -0.15) is 0 Å². The monoisotopic (exact) mass is 217 g/mol. The summed E-state index contributed by atoms with van der Waals surface area (Å²) in [6.07, 6.45) is 3.70. The molecule has 0 aromatic heterocycles. The largest absolute Gasteiger partial charge is 0.396 e. The number of unbranched alkanes of at least 4 members (excludes halogenated alkanes) is 1. The Bertz CT molecular complexity index is 145. The van der Waals surface area contributed by atoms with Crippen LogP contribution in [0.15, 0.2) is 0 Å². The van der Waals surface area contributed by atoms with Crippen molar-refractivity contribution in [2.75, 3.05) is 26.3 Å². The van der Waals surface area contributed by atoms with Crippen LogP contribution in [-0.4, -0.2) is 36.5 Å². The Kier molecular flexibility index (Phi) is 8.02. The Balaban J connectivity index is 3.37. The highest BCUT2D eigenvalue weighted by Gasteiger charge is 2.21. The van der Waals surface area contributed by atoms with E-state index in [0.29, 0.717) is 6.54 Å². The lowest BCUT2D eigenvalue weighted by molar-refractivity contribution is 0.0698. The van der Waals surface area contributed by atoms with Crippen molar-refractivity contribution in [2.24, 2.45) is 11.3 Å². The normalized spacial score (nSPS) is 12.4. The quantitative estimate of drug-likeness (QED) is 0.512. The van der Waals surface area contributed by atoms with E-state index < -0.39 is 0 Å². The molecule has 0 aliphatic carbocycles. The molecule has 0 rings (SSSR count). The van der Waals surface area contributed by atoms with Crippen LogP contribution in [0.25, 0.3) is 0 Å². The van der Waals surface area contributed by atoms with Crippen molar-refractivity contribution in [1.82, 2.24) is 5.32 Å². The summed E-state index contributed by atoms with van der Waals surface area (Å²) in [6.45, 7) is 8.08. The molecule has 0 aromatic carbocycles. The van der Waals surface area contributed by atoms with Crippen molar-refractivity contribution in [3.63, 3.8) is 0 Å². The van der Waals surface area contributed by atoms with Crippen molar-refractivity contribution < 1.29 is 10.2 Å². The predicted molar refractivity (Wildman–Crippen MR) is 63.8 cm³/mol. The zero-order valence-corrected chi connectivity index (χ0v) is 10.4. The summed E-state index contributed by atoms with van der Waals surface area (Å²) in [5.74, 6) is 0.783. The lowest BCUT2D eigenvalue weighted by Gasteiger charge is -2.24. The minimum absolute atomic E-state index is 0.0303. The molecule has 0 amide bonds. The van der Waals surface area contributed by atoms with Crippen LogP contribution in [0.4, 0.5) is 0 Å². The van der Waals surface area contributed by atoms with Crippen molar-refractivity contribution in [3.05, 3.63) is 0 Å². The summed E-state index contributed by atoms with van der Waals surface area (Å²) in [5, 5.41) is 21.4. The van der Waals surface area contributed by atoms with Crippen LogP contribution in [0.5, 0.6) is 0 Å². The smallest absolute Gasteiger partial charge is 0.0518 e. The summed E-state index contributed by atoms with van der Waals surface area (Å²) in [6, 6.07) is 0. The Morgan fingerprint density at radius 1 is 1.13 bits per heavy atom. The fourth-order valence-corrected chi connectivity index (χ4v) is 1.35. The van der Waals surface area contributed by atoms with Crippen molar-refractivity contribution in [2.45, 2.75) is 40.0 Å². The highest BCUT2D eigenvalue weighted by molar-refractivity contribution is 4.74. The molecule has 15 heavy (non-hydrogen) atoms. The molecule has 0 aliphatic rings. The third kappa shape index (κ3) is 7.77. The third-order valence-corrected chi connectivity index (χ3v) is 2.70. The van der Waals surface area contributed by atoms with Gasteiger partial charge in [0.05, 0.1) is 13.2 Å². The summed E-state index contributed by atoms with van der Waals surface area (Å²) in [4.78, 5) is 0. The molecule has 0 aliphatic heterocycles. The van der Waals surface area contributed by atoms with Gasteiger partial charge in [0.25, 0.3) is 0 Å². The van der Waals surface area contributed by atoms with Crippen molar-refractivity contribution >= 4 is 0 Å². The van der Waals surface area contributed by atoms with E-state index in [1.54, 1.807) is 0 Å². The first-order valence-corrected chi connectivity index (χ1v) is 5.96. The average Bonchev–Trinajstić information content (AvgIpc) is 2.22. The van der Waals surface area contributed by atoms with Gasteiger partial charge in [-0.25, -0.2) is 0 Å². The van der Waals surface area contributed by atoms with Gasteiger partial charge in [-0.05, 0) is 18.9 Å². The zero-order chi connectivity index (χ0) is 11.7. The van der Waals surface area contributed by atoms with E-state index in [4.69, 9.17) is 10.2 Å². The van der Waals surface area contributed by atoms with Crippen LogP contribution in [0, 0.1) is 11.3 Å². The third-order valence-electron chi connectivity index (χ3n) is 2.70. The Hall–Kier alpha value is -0.120. The molecule has 0 saturated carbocycles. The first-order valence-electron chi connectivity index (χ1n) is 5.96. The standard InChI is InChI=1S/C12H27NO2/c1-11(2)6-4-5-7-13-8-12(3,9-14)10-15/h11,13-15H,4-10H2,1-3H3. The Morgan fingerprint density at radius 3 is 2.20 bits per heavy atom. The molecule has 0 fully saturated rings. The van der Waals surface area contributed by atoms with Gasteiger partial charge in [0.15, 0.2) is 0 Å². The van der Waals surface area contributed by atoms with Gasteiger partial charge in [-0.15, -0.1) is 0 Å². The summed E-state index contributed by atoms with van der Waals surface area (Å²) < 4.78 is 0. The molecule has 0 bridgehead atoms. The van der Waals surface area contributed by atoms with Crippen LogP contribution < -0.4 is 5.32 Å². The van der Waals surface area contributed by atoms with E-state index in [9.17, 15) is 0 Å². The van der Waals surface area contributed by atoms with Gasteiger partial charge in [-0.3, -0.25) is 0 Å². The van der Waals surface area contributed by atoms with E-state index in [0.717, 1.165) is 12.5 Å². The summed E-state index contributed by atoms with van der Waals surface area (Å²) in [7, 11) is 0. The number of hydrogen-bond donors (Lipinski definition) is 3. The second kappa shape index (κ2) is 8.08. The summed E-state index contributed by atoms with van der Waals surface area (Å²) >= 11 is 0. The second-order valence-electron chi connectivity index (χ2n) is 5.19. The number of aliphatic hydroxyl groups is 2. The number of nitrogens with one attached hydrogen (secondary N) is 1. The zero-order valence-electron chi connectivity index (χ0n) is 10.4. The minimum atomic E-state index is -0.377.